The molecule has 1 N–H and O–H groups in total. The monoisotopic (exact) mass is 390 g/mol. The molecule has 0 bridgehead atoms. The van der Waals surface area contributed by atoms with Crippen LogP contribution < -0.4 is 5.32 Å². The van der Waals surface area contributed by atoms with E-state index in [0.717, 1.165) is 16.8 Å². The molecular weight excluding hydrogens is 372 g/mol. The number of ether oxygens (including phenoxy) is 1. The lowest BCUT2D eigenvalue weighted by molar-refractivity contribution is -0.385. The Morgan fingerprint density at radius 3 is 2.52 bits per heavy atom. The van der Waals surface area contributed by atoms with Crippen LogP contribution in [0.2, 0.25) is 0 Å². The van der Waals surface area contributed by atoms with Crippen molar-refractivity contribution >= 4 is 40.1 Å². The molecule has 146 valence electrons. The first-order chi connectivity index (χ1) is 14.0. The molecule has 0 saturated heterocycles. The summed E-state index contributed by atoms with van der Waals surface area (Å²) < 4.78 is 5.11. The standard InChI is InChI=1S/C22H18N2O5/c1-15(22(26)23-19-11-6-9-16-7-2-4-10-18(16)19)29-21(25)14-13-17-8-3-5-12-20(17)24(27)28/h2-15H,1H3,(H,23,26)/b14-13+/t15-/m1/s1. The number of nitrogens with one attached hydrogen (secondary N) is 1. The Balaban J connectivity index is 1.65. The summed E-state index contributed by atoms with van der Waals surface area (Å²) in [7, 11) is 0. The van der Waals surface area contributed by atoms with Crippen molar-refractivity contribution < 1.29 is 19.2 Å². The number of para-hydroxylation sites is 1. The van der Waals surface area contributed by atoms with Gasteiger partial charge in [-0.15, -0.1) is 0 Å². The Kier molecular flexibility index (Phi) is 5.99. The van der Waals surface area contributed by atoms with E-state index in [-0.39, 0.29) is 11.3 Å². The van der Waals surface area contributed by atoms with Crippen LogP contribution >= 0.6 is 0 Å². The highest BCUT2D eigenvalue weighted by Gasteiger charge is 2.18. The fourth-order valence-electron chi connectivity index (χ4n) is 2.79. The van der Waals surface area contributed by atoms with Crippen molar-refractivity contribution in [1.82, 2.24) is 0 Å². The molecule has 0 spiro atoms. The van der Waals surface area contributed by atoms with Gasteiger partial charge in [-0.2, -0.15) is 0 Å². The van der Waals surface area contributed by atoms with Crippen molar-refractivity contribution in [2.45, 2.75) is 13.0 Å². The molecule has 0 heterocycles. The Labute approximate surface area is 166 Å². The molecule has 0 aliphatic carbocycles. The van der Waals surface area contributed by atoms with Crippen molar-refractivity contribution in [2.24, 2.45) is 0 Å². The van der Waals surface area contributed by atoms with Gasteiger partial charge in [0.15, 0.2) is 6.10 Å². The van der Waals surface area contributed by atoms with E-state index >= 15 is 0 Å². The number of carbonyl (C=O) groups excluding carboxylic acids is 2. The van der Waals surface area contributed by atoms with Crippen LogP contribution in [0, 0.1) is 10.1 Å². The molecule has 1 amide bonds. The van der Waals surface area contributed by atoms with Crippen molar-refractivity contribution in [3.05, 3.63) is 88.5 Å². The van der Waals surface area contributed by atoms with Crippen LogP contribution in [0.25, 0.3) is 16.8 Å². The highest BCUT2D eigenvalue weighted by atomic mass is 16.6. The number of nitro groups is 1. The average Bonchev–Trinajstić information content (AvgIpc) is 2.72. The van der Waals surface area contributed by atoms with E-state index in [9.17, 15) is 19.7 Å². The summed E-state index contributed by atoms with van der Waals surface area (Å²) in [6.45, 7) is 1.46. The zero-order valence-corrected chi connectivity index (χ0v) is 15.6. The largest absolute Gasteiger partial charge is 0.449 e. The molecule has 0 unspecified atom stereocenters. The van der Waals surface area contributed by atoms with E-state index in [1.807, 2.05) is 36.4 Å². The number of nitrogens with zero attached hydrogens (tertiary/aromatic N) is 1. The predicted molar refractivity (Wildman–Crippen MR) is 110 cm³/mol. The molecule has 0 aliphatic heterocycles. The molecular formula is C22H18N2O5. The van der Waals surface area contributed by atoms with Gasteiger partial charge in [0.25, 0.3) is 11.6 Å². The van der Waals surface area contributed by atoms with Crippen molar-refractivity contribution in [3.8, 4) is 0 Å². The van der Waals surface area contributed by atoms with Crippen LogP contribution in [0.3, 0.4) is 0 Å². The third-order valence-corrected chi connectivity index (χ3v) is 4.24. The second kappa shape index (κ2) is 8.79. The Morgan fingerprint density at radius 1 is 1.03 bits per heavy atom. The van der Waals surface area contributed by atoms with Crippen molar-refractivity contribution in [2.75, 3.05) is 5.32 Å². The van der Waals surface area contributed by atoms with Crippen LogP contribution in [0.5, 0.6) is 0 Å². The number of amides is 1. The predicted octanol–water partition coefficient (Wildman–Crippen LogP) is 4.33. The van der Waals surface area contributed by atoms with Crippen molar-refractivity contribution in [1.29, 1.82) is 0 Å². The molecule has 0 radical (unpaired) electrons. The number of rotatable bonds is 6. The smallest absolute Gasteiger partial charge is 0.331 e. The van der Waals surface area contributed by atoms with Crippen LogP contribution in [-0.2, 0) is 14.3 Å². The van der Waals surface area contributed by atoms with Crippen LogP contribution in [-0.4, -0.2) is 22.9 Å². The maximum atomic E-state index is 12.4. The van der Waals surface area contributed by atoms with Crippen LogP contribution in [0.15, 0.2) is 72.8 Å². The van der Waals surface area contributed by atoms with Gasteiger partial charge in [0, 0.05) is 23.2 Å². The molecule has 0 fully saturated rings. The second-order valence-corrected chi connectivity index (χ2v) is 6.24. The molecule has 7 heteroatoms. The molecule has 3 aromatic rings. The first kappa shape index (κ1) is 19.8. The quantitative estimate of drug-likeness (QED) is 0.292. The average molecular weight is 390 g/mol. The fourth-order valence-corrected chi connectivity index (χ4v) is 2.79. The lowest BCUT2D eigenvalue weighted by atomic mass is 10.1. The Bertz CT molecular complexity index is 1100. The van der Waals surface area contributed by atoms with Gasteiger partial charge in [0.05, 0.1) is 10.5 Å². The van der Waals surface area contributed by atoms with Gasteiger partial charge in [0.2, 0.25) is 0 Å². The minimum atomic E-state index is -1.04. The van der Waals surface area contributed by atoms with Crippen molar-refractivity contribution in [3.63, 3.8) is 0 Å². The molecule has 1 atom stereocenters. The van der Waals surface area contributed by atoms with E-state index < -0.39 is 22.9 Å². The third-order valence-electron chi connectivity index (χ3n) is 4.24. The van der Waals surface area contributed by atoms with E-state index in [4.69, 9.17) is 4.74 Å². The first-order valence-electron chi connectivity index (χ1n) is 8.86. The number of benzene rings is 3. The number of hydrogen-bond acceptors (Lipinski definition) is 5. The normalized spacial score (nSPS) is 11.9. The maximum Gasteiger partial charge on any atom is 0.331 e. The van der Waals surface area contributed by atoms with Gasteiger partial charge in [-0.25, -0.2) is 4.79 Å². The summed E-state index contributed by atoms with van der Waals surface area (Å²) in [4.78, 5) is 34.9. The number of anilines is 1. The van der Waals surface area contributed by atoms with Gasteiger partial charge in [0.1, 0.15) is 0 Å². The molecule has 29 heavy (non-hydrogen) atoms. The number of esters is 1. The third kappa shape index (κ3) is 4.84. The van der Waals surface area contributed by atoms with Gasteiger partial charge in [-0.05, 0) is 30.5 Å². The second-order valence-electron chi connectivity index (χ2n) is 6.24. The van der Waals surface area contributed by atoms with Gasteiger partial charge in [-0.1, -0.05) is 48.5 Å². The summed E-state index contributed by atoms with van der Waals surface area (Å²) >= 11 is 0. The van der Waals surface area contributed by atoms with Gasteiger partial charge >= 0.3 is 5.97 Å². The molecule has 0 aromatic heterocycles. The fraction of sp³-hybridized carbons (Fsp3) is 0.0909. The highest BCUT2D eigenvalue weighted by Crippen LogP contribution is 2.23. The molecule has 3 rings (SSSR count). The zero-order valence-electron chi connectivity index (χ0n) is 15.6. The summed E-state index contributed by atoms with van der Waals surface area (Å²) in [6, 6.07) is 19.1. The van der Waals surface area contributed by atoms with E-state index in [2.05, 4.69) is 5.32 Å². The summed E-state index contributed by atoms with van der Waals surface area (Å²) in [5.41, 5.74) is 0.757. The van der Waals surface area contributed by atoms with E-state index in [1.165, 1.54) is 31.2 Å². The highest BCUT2D eigenvalue weighted by molar-refractivity contribution is 6.04. The number of hydrogen-bond donors (Lipinski definition) is 1. The number of fused-ring (bicyclic) bond motifs is 1. The molecule has 3 aromatic carbocycles. The molecule has 0 saturated carbocycles. The van der Waals surface area contributed by atoms with Crippen LogP contribution in [0.1, 0.15) is 12.5 Å². The molecule has 0 aliphatic rings. The number of nitro benzene ring substituents is 1. The van der Waals surface area contributed by atoms with Gasteiger partial charge in [-0.3, -0.25) is 14.9 Å². The minimum Gasteiger partial charge on any atom is -0.449 e. The summed E-state index contributed by atoms with van der Waals surface area (Å²) in [6.07, 6.45) is 1.30. The van der Waals surface area contributed by atoms with Crippen LogP contribution in [0.4, 0.5) is 11.4 Å². The zero-order chi connectivity index (χ0) is 20.8. The molecule has 7 nitrogen and oxygen atoms in total. The number of carbonyl (C=O) groups is 2. The van der Waals surface area contributed by atoms with E-state index in [1.54, 1.807) is 12.1 Å². The summed E-state index contributed by atoms with van der Waals surface area (Å²) in [5, 5.41) is 15.6. The lowest BCUT2D eigenvalue weighted by Crippen LogP contribution is -2.29. The Morgan fingerprint density at radius 2 is 1.72 bits per heavy atom. The van der Waals surface area contributed by atoms with Gasteiger partial charge < -0.3 is 10.1 Å². The maximum absolute atomic E-state index is 12.4. The lowest BCUT2D eigenvalue weighted by Gasteiger charge is -2.13. The SMILES string of the molecule is C[C@@H](OC(=O)/C=C/c1ccccc1[N+](=O)[O-])C(=O)Nc1cccc2ccccc12. The summed E-state index contributed by atoms with van der Waals surface area (Å²) in [5.74, 6) is -1.25. The first-order valence-corrected chi connectivity index (χ1v) is 8.86. The minimum absolute atomic E-state index is 0.127. The topological polar surface area (TPSA) is 98.5 Å². The van der Waals surface area contributed by atoms with E-state index in [0.29, 0.717) is 5.69 Å². The Hall–Kier alpha value is -4.00.